The minimum atomic E-state index is -3.06. The van der Waals surface area contributed by atoms with Crippen LogP contribution in [-0.2, 0) is 19.4 Å². The van der Waals surface area contributed by atoms with Crippen LogP contribution >= 0.6 is 0 Å². The molecule has 2 unspecified atom stereocenters. The molecule has 7 nitrogen and oxygen atoms in total. The highest BCUT2D eigenvalue weighted by molar-refractivity contribution is 7.91. The van der Waals surface area contributed by atoms with Gasteiger partial charge in [0.15, 0.2) is 15.9 Å². The third-order valence-electron chi connectivity index (χ3n) is 3.86. The number of hydrogen-bond acceptors (Lipinski definition) is 6. The van der Waals surface area contributed by atoms with E-state index in [1.807, 2.05) is 0 Å². The van der Waals surface area contributed by atoms with Gasteiger partial charge in [-0.2, -0.15) is 0 Å². The van der Waals surface area contributed by atoms with Crippen LogP contribution in [0.2, 0.25) is 0 Å². The van der Waals surface area contributed by atoms with Crippen molar-refractivity contribution in [1.29, 1.82) is 0 Å². The topological polar surface area (TPSA) is 98.8 Å². The van der Waals surface area contributed by atoms with Gasteiger partial charge in [0.25, 0.3) is 5.91 Å². The van der Waals surface area contributed by atoms with Crippen LogP contribution in [0.1, 0.15) is 29.3 Å². The van der Waals surface area contributed by atoms with Crippen LogP contribution in [0.4, 0.5) is 0 Å². The van der Waals surface area contributed by atoms with E-state index in [1.165, 1.54) is 13.2 Å². The van der Waals surface area contributed by atoms with Crippen LogP contribution in [0.15, 0.2) is 18.2 Å². The highest BCUT2D eigenvalue weighted by atomic mass is 32.2. The highest BCUT2D eigenvalue weighted by Crippen LogP contribution is 2.21. The molecule has 1 aromatic rings. The average molecular weight is 355 g/mol. The van der Waals surface area contributed by atoms with Crippen molar-refractivity contribution in [3.63, 3.8) is 0 Å². The quantitative estimate of drug-likeness (QED) is 0.786. The molecule has 2 atom stereocenters. The lowest BCUT2D eigenvalue weighted by atomic mass is 10.1. The summed E-state index contributed by atoms with van der Waals surface area (Å²) in [7, 11) is -1.77. The largest absolute Gasteiger partial charge is 0.481 e. The van der Waals surface area contributed by atoms with Gasteiger partial charge < -0.3 is 14.8 Å². The monoisotopic (exact) mass is 355 g/mol. The predicted molar refractivity (Wildman–Crippen MR) is 87.8 cm³/mol. The Morgan fingerprint density at radius 2 is 2.04 bits per heavy atom. The minimum absolute atomic E-state index is 0.0394. The Labute approximate surface area is 141 Å². The van der Waals surface area contributed by atoms with E-state index in [0.717, 1.165) is 5.56 Å². The van der Waals surface area contributed by atoms with Gasteiger partial charge in [-0.05, 0) is 38.0 Å². The fourth-order valence-corrected chi connectivity index (χ4v) is 4.12. The summed E-state index contributed by atoms with van der Waals surface area (Å²) in [5, 5.41) is 2.69. The molecule has 0 aliphatic carbocycles. The fraction of sp³-hybridized carbons (Fsp3) is 0.500. The molecule has 132 valence electrons. The molecular formula is C16H21NO6S. The molecule has 1 saturated heterocycles. The van der Waals surface area contributed by atoms with Crippen molar-refractivity contribution in [3.05, 3.63) is 29.3 Å². The molecule has 0 radical (unpaired) electrons. The normalized spacial score (nSPS) is 20.2. The van der Waals surface area contributed by atoms with E-state index >= 15 is 0 Å². The number of benzene rings is 1. The summed E-state index contributed by atoms with van der Waals surface area (Å²) in [4.78, 5) is 23.8. The van der Waals surface area contributed by atoms with Crippen molar-refractivity contribution in [2.24, 2.45) is 0 Å². The lowest BCUT2D eigenvalue weighted by Crippen LogP contribution is -2.43. The van der Waals surface area contributed by atoms with Crippen LogP contribution < -0.4 is 10.1 Å². The predicted octanol–water partition coefficient (Wildman–Crippen LogP) is 0.852. The Kier molecular flexibility index (Phi) is 5.48. The van der Waals surface area contributed by atoms with Gasteiger partial charge in [0, 0.05) is 6.04 Å². The van der Waals surface area contributed by atoms with Gasteiger partial charge in [0.1, 0.15) is 5.75 Å². The van der Waals surface area contributed by atoms with Gasteiger partial charge in [-0.25, -0.2) is 13.2 Å². The van der Waals surface area contributed by atoms with E-state index in [2.05, 4.69) is 10.1 Å². The second-order valence-electron chi connectivity index (χ2n) is 5.84. The van der Waals surface area contributed by atoms with Crippen molar-refractivity contribution in [1.82, 2.24) is 5.32 Å². The molecular weight excluding hydrogens is 334 g/mol. The maximum absolute atomic E-state index is 12.2. The minimum Gasteiger partial charge on any atom is -0.481 e. The van der Waals surface area contributed by atoms with Crippen molar-refractivity contribution in [2.75, 3.05) is 18.6 Å². The molecule has 0 aromatic heterocycles. The number of esters is 1. The van der Waals surface area contributed by atoms with Crippen LogP contribution in [0.25, 0.3) is 0 Å². The number of sulfone groups is 1. The lowest BCUT2D eigenvalue weighted by molar-refractivity contribution is -0.127. The summed E-state index contributed by atoms with van der Waals surface area (Å²) in [6.45, 7) is 3.37. The van der Waals surface area contributed by atoms with E-state index in [9.17, 15) is 18.0 Å². The molecule has 0 bridgehead atoms. The van der Waals surface area contributed by atoms with Gasteiger partial charge in [-0.3, -0.25) is 4.79 Å². The summed E-state index contributed by atoms with van der Waals surface area (Å²) in [6, 6.07) is 4.46. The summed E-state index contributed by atoms with van der Waals surface area (Å²) in [5.41, 5.74) is 1.10. The molecule has 0 saturated carbocycles. The van der Waals surface area contributed by atoms with Gasteiger partial charge in [-0.1, -0.05) is 6.07 Å². The molecule has 24 heavy (non-hydrogen) atoms. The van der Waals surface area contributed by atoms with Gasteiger partial charge in [0.05, 0.1) is 24.2 Å². The number of carbonyl (C=O) groups is 2. The maximum Gasteiger partial charge on any atom is 0.337 e. The van der Waals surface area contributed by atoms with Crippen molar-refractivity contribution >= 4 is 21.7 Å². The molecule has 8 heteroatoms. The second-order valence-corrected chi connectivity index (χ2v) is 8.07. The Hall–Kier alpha value is -2.09. The Balaban J connectivity index is 2.02. The molecule has 1 aliphatic rings. The van der Waals surface area contributed by atoms with Gasteiger partial charge in [0.2, 0.25) is 0 Å². The molecule has 1 amide bonds. The maximum atomic E-state index is 12.2. The first-order valence-corrected chi connectivity index (χ1v) is 9.40. The fourth-order valence-electron chi connectivity index (χ4n) is 2.44. The van der Waals surface area contributed by atoms with Crippen molar-refractivity contribution in [3.8, 4) is 5.75 Å². The van der Waals surface area contributed by atoms with Crippen LogP contribution in [-0.4, -0.2) is 51.1 Å². The number of aryl methyl sites for hydroxylation is 1. The Morgan fingerprint density at radius 3 is 2.62 bits per heavy atom. The molecule has 0 spiro atoms. The highest BCUT2D eigenvalue weighted by Gasteiger charge is 2.30. The molecule has 1 heterocycles. The zero-order chi connectivity index (χ0) is 17.9. The molecule has 1 N–H and O–H groups in total. The zero-order valence-electron chi connectivity index (χ0n) is 13.9. The van der Waals surface area contributed by atoms with E-state index < -0.39 is 21.9 Å². The van der Waals surface area contributed by atoms with E-state index in [-0.39, 0.29) is 23.5 Å². The Bertz CT molecular complexity index is 743. The summed E-state index contributed by atoms with van der Waals surface area (Å²) < 4.78 is 33.2. The number of amides is 1. The van der Waals surface area contributed by atoms with Crippen LogP contribution in [0, 0.1) is 6.92 Å². The van der Waals surface area contributed by atoms with E-state index in [4.69, 9.17) is 4.74 Å². The molecule has 1 aliphatic heterocycles. The smallest absolute Gasteiger partial charge is 0.337 e. The molecule has 1 fully saturated rings. The third-order valence-corrected chi connectivity index (χ3v) is 5.63. The Morgan fingerprint density at radius 1 is 1.33 bits per heavy atom. The van der Waals surface area contributed by atoms with E-state index in [1.54, 1.807) is 26.0 Å². The first-order valence-electron chi connectivity index (χ1n) is 7.58. The van der Waals surface area contributed by atoms with Crippen molar-refractivity contribution in [2.45, 2.75) is 32.4 Å². The number of hydrogen-bond donors (Lipinski definition) is 1. The van der Waals surface area contributed by atoms with Crippen LogP contribution in [0.3, 0.4) is 0 Å². The number of nitrogens with one attached hydrogen (secondary N) is 1. The third kappa shape index (κ3) is 4.47. The standard InChI is InChI=1S/C16H21NO6S/c1-10-4-5-12(16(19)22-3)8-14(10)23-11(2)15(18)17-13-6-7-24(20,21)9-13/h4-5,8,11,13H,6-7,9H2,1-3H3,(H,17,18). The SMILES string of the molecule is COC(=O)c1ccc(C)c(OC(C)C(=O)NC2CCS(=O)(=O)C2)c1. The summed E-state index contributed by atoms with van der Waals surface area (Å²) in [5.74, 6) is -0.428. The van der Waals surface area contributed by atoms with Gasteiger partial charge >= 0.3 is 5.97 Å². The molecule has 1 aromatic carbocycles. The average Bonchev–Trinajstić information content (AvgIpc) is 2.87. The van der Waals surface area contributed by atoms with Crippen LogP contribution in [0.5, 0.6) is 5.75 Å². The number of rotatable bonds is 5. The molecule has 2 rings (SSSR count). The summed E-state index contributed by atoms with van der Waals surface area (Å²) >= 11 is 0. The van der Waals surface area contributed by atoms with Gasteiger partial charge in [-0.15, -0.1) is 0 Å². The lowest BCUT2D eigenvalue weighted by Gasteiger charge is -2.19. The second kappa shape index (κ2) is 7.21. The summed E-state index contributed by atoms with van der Waals surface area (Å²) in [6.07, 6.45) is -0.405. The number of methoxy groups -OCH3 is 1. The first-order chi connectivity index (χ1) is 11.2. The zero-order valence-corrected chi connectivity index (χ0v) is 14.7. The first kappa shape index (κ1) is 18.3. The van der Waals surface area contributed by atoms with E-state index in [0.29, 0.717) is 17.7 Å². The number of ether oxygens (including phenoxy) is 2. The number of carbonyl (C=O) groups excluding carboxylic acids is 2. The van der Waals surface area contributed by atoms with Crippen molar-refractivity contribution < 1.29 is 27.5 Å².